The van der Waals surface area contributed by atoms with Crippen LogP contribution < -0.4 is 25.3 Å². The Morgan fingerprint density at radius 3 is 2.62 bits per heavy atom. The van der Waals surface area contributed by atoms with Crippen molar-refractivity contribution in [1.29, 1.82) is 5.26 Å². The number of carbonyl (C=O) groups excluding carboxylic acids is 1. The van der Waals surface area contributed by atoms with Gasteiger partial charge in [0.15, 0.2) is 11.5 Å². The number of nitriles is 1. The lowest BCUT2D eigenvalue weighted by molar-refractivity contribution is -0.112. The van der Waals surface area contributed by atoms with Gasteiger partial charge in [-0.1, -0.05) is 49.0 Å². The second-order valence-electron chi connectivity index (χ2n) is 7.75. The van der Waals surface area contributed by atoms with Gasteiger partial charge < -0.3 is 25.3 Å². The van der Waals surface area contributed by atoms with E-state index in [0.717, 1.165) is 5.56 Å². The Morgan fingerprint density at radius 2 is 1.86 bits per heavy atom. The number of amides is 1. The van der Waals surface area contributed by atoms with Gasteiger partial charge in [-0.2, -0.15) is 5.26 Å². The van der Waals surface area contributed by atoms with Crippen molar-refractivity contribution in [2.45, 2.75) is 6.61 Å². The average molecular weight is 494 g/mol. The maximum Gasteiger partial charge on any atom is 0.265 e. The van der Waals surface area contributed by atoms with E-state index in [4.69, 9.17) is 25.2 Å². The van der Waals surface area contributed by atoms with E-state index in [0.29, 0.717) is 40.7 Å². The Morgan fingerprint density at radius 1 is 1.05 bits per heavy atom. The molecule has 1 aromatic heterocycles. The fourth-order valence-corrected chi connectivity index (χ4v) is 3.41. The summed E-state index contributed by atoms with van der Waals surface area (Å²) in [7, 11) is 1.55. The van der Waals surface area contributed by atoms with Gasteiger partial charge in [0.2, 0.25) is 5.88 Å². The Bertz CT molecular complexity index is 1480. The van der Waals surface area contributed by atoms with E-state index < -0.39 is 5.91 Å². The Labute approximate surface area is 213 Å². The summed E-state index contributed by atoms with van der Waals surface area (Å²) in [5, 5.41) is 11.4. The summed E-state index contributed by atoms with van der Waals surface area (Å²) >= 11 is 0. The van der Waals surface area contributed by atoms with Crippen LogP contribution in [0.5, 0.6) is 23.1 Å². The molecule has 37 heavy (non-hydrogen) atoms. The number of benzene rings is 3. The predicted molar refractivity (Wildman–Crippen MR) is 139 cm³/mol. The summed E-state index contributed by atoms with van der Waals surface area (Å²) in [6, 6.07) is 23.5. The molecule has 3 N–H and O–H groups in total. The Balaban J connectivity index is 1.60. The highest BCUT2D eigenvalue weighted by atomic mass is 16.5. The lowest BCUT2D eigenvalue weighted by Gasteiger charge is -2.15. The van der Waals surface area contributed by atoms with Gasteiger partial charge in [0.05, 0.1) is 12.7 Å². The number of ether oxygens (including phenoxy) is 3. The van der Waals surface area contributed by atoms with Crippen LogP contribution in [0.2, 0.25) is 0 Å². The molecule has 0 fully saturated rings. The standard InChI is InChI=1S/C28H23N5O4/c1-18(15-29)27(34)33-21-9-6-10-22(14-21)37-28-25(26(30)31-17-32-28)20-11-12-23(24(13-20)35-2)36-16-19-7-4-3-5-8-19/h3-14,17H,1,16H2,2H3,(H,33,34)(H2,30,31,32). The van der Waals surface area contributed by atoms with Gasteiger partial charge in [-0.25, -0.2) is 9.97 Å². The quantitative estimate of drug-likeness (QED) is 0.242. The number of nitrogens with one attached hydrogen (secondary N) is 1. The minimum atomic E-state index is -0.603. The zero-order valence-corrected chi connectivity index (χ0v) is 20.0. The van der Waals surface area contributed by atoms with Crippen molar-refractivity contribution in [3.8, 4) is 40.3 Å². The molecule has 3 aromatic carbocycles. The molecule has 0 unspecified atom stereocenters. The maximum atomic E-state index is 12.0. The third kappa shape index (κ3) is 6.01. The zero-order valence-electron chi connectivity index (χ0n) is 20.0. The average Bonchev–Trinajstić information content (AvgIpc) is 2.92. The zero-order chi connectivity index (χ0) is 26.2. The van der Waals surface area contributed by atoms with Crippen molar-refractivity contribution < 1.29 is 19.0 Å². The first-order valence-corrected chi connectivity index (χ1v) is 11.1. The monoisotopic (exact) mass is 493 g/mol. The van der Waals surface area contributed by atoms with E-state index in [1.807, 2.05) is 36.4 Å². The van der Waals surface area contributed by atoms with Crippen LogP contribution >= 0.6 is 0 Å². The smallest absolute Gasteiger partial charge is 0.265 e. The minimum absolute atomic E-state index is 0.206. The fourth-order valence-electron chi connectivity index (χ4n) is 3.41. The number of hydrogen-bond acceptors (Lipinski definition) is 8. The lowest BCUT2D eigenvalue weighted by Crippen LogP contribution is -2.12. The van der Waals surface area contributed by atoms with Crippen molar-refractivity contribution in [2.75, 3.05) is 18.2 Å². The number of nitrogen functional groups attached to an aromatic ring is 1. The van der Waals surface area contributed by atoms with Gasteiger partial charge in [-0.15, -0.1) is 0 Å². The van der Waals surface area contributed by atoms with Crippen LogP contribution in [0.15, 0.2) is 91.3 Å². The van der Waals surface area contributed by atoms with Crippen LogP contribution in [0.3, 0.4) is 0 Å². The van der Waals surface area contributed by atoms with Gasteiger partial charge in [0.25, 0.3) is 5.91 Å². The van der Waals surface area contributed by atoms with Crippen molar-refractivity contribution in [1.82, 2.24) is 9.97 Å². The first kappa shape index (κ1) is 24.8. The summed E-state index contributed by atoms with van der Waals surface area (Å²) in [4.78, 5) is 20.4. The minimum Gasteiger partial charge on any atom is -0.493 e. The van der Waals surface area contributed by atoms with Crippen LogP contribution in [-0.2, 0) is 11.4 Å². The van der Waals surface area contributed by atoms with Crippen LogP contribution in [0.25, 0.3) is 11.1 Å². The summed E-state index contributed by atoms with van der Waals surface area (Å²) < 4.78 is 17.5. The molecule has 0 spiro atoms. The van der Waals surface area contributed by atoms with Crippen molar-refractivity contribution >= 4 is 17.4 Å². The van der Waals surface area contributed by atoms with E-state index in [1.165, 1.54) is 6.33 Å². The van der Waals surface area contributed by atoms with Crippen LogP contribution in [0.1, 0.15) is 5.56 Å². The van der Waals surface area contributed by atoms with Crippen molar-refractivity contribution in [3.05, 3.63) is 96.8 Å². The SMILES string of the molecule is C=C(C#N)C(=O)Nc1cccc(Oc2ncnc(N)c2-c2ccc(OCc3ccccc3)c(OC)c2)c1. The molecule has 0 saturated heterocycles. The number of aromatic nitrogens is 2. The van der Waals surface area contributed by atoms with Crippen molar-refractivity contribution in [2.24, 2.45) is 0 Å². The molecule has 4 aromatic rings. The van der Waals surface area contributed by atoms with Gasteiger partial charge in [0, 0.05) is 11.8 Å². The van der Waals surface area contributed by atoms with Gasteiger partial charge in [-0.05, 0) is 35.4 Å². The summed E-state index contributed by atoms with van der Waals surface area (Å²) in [5.74, 6) is 1.26. The molecule has 0 atom stereocenters. The summed E-state index contributed by atoms with van der Waals surface area (Å²) in [6.07, 6.45) is 1.30. The molecule has 1 amide bonds. The number of nitrogens with zero attached hydrogens (tertiary/aromatic N) is 3. The second kappa shape index (κ2) is 11.4. The first-order valence-electron chi connectivity index (χ1n) is 11.1. The second-order valence-corrected chi connectivity index (χ2v) is 7.75. The highest BCUT2D eigenvalue weighted by Crippen LogP contribution is 2.39. The number of methoxy groups -OCH3 is 1. The fraction of sp³-hybridized carbons (Fsp3) is 0.0714. The highest BCUT2D eigenvalue weighted by Gasteiger charge is 2.17. The van der Waals surface area contributed by atoms with E-state index in [9.17, 15) is 4.79 Å². The first-order chi connectivity index (χ1) is 18.0. The van der Waals surface area contributed by atoms with Gasteiger partial charge >= 0.3 is 0 Å². The number of carbonyl (C=O) groups is 1. The molecular weight excluding hydrogens is 470 g/mol. The molecule has 0 bridgehead atoms. The number of anilines is 2. The molecule has 184 valence electrons. The van der Waals surface area contributed by atoms with Crippen molar-refractivity contribution in [3.63, 3.8) is 0 Å². The molecule has 0 aliphatic rings. The number of rotatable bonds is 9. The van der Waals surface area contributed by atoms with E-state index in [-0.39, 0.29) is 17.3 Å². The third-order valence-electron chi connectivity index (χ3n) is 5.25. The summed E-state index contributed by atoms with van der Waals surface area (Å²) in [6.45, 7) is 3.79. The molecule has 0 radical (unpaired) electrons. The maximum absolute atomic E-state index is 12.0. The van der Waals surface area contributed by atoms with E-state index in [1.54, 1.807) is 49.6 Å². The van der Waals surface area contributed by atoms with Gasteiger partial charge in [-0.3, -0.25) is 4.79 Å². The highest BCUT2D eigenvalue weighted by molar-refractivity contribution is 6.06. The van der Waals surface area contributed by atoms with Gasteiger partial charge in [0.1, 0.15) is 36.1 Å². The molecular formula is C28H23N5O4. The van der Waals surface area contributed by atoms with E-state index in [2.05, 4.69) is 21.9 Å². The topological polar surface area (TPSA) is 132 Å². The van der Waals surface area contributed by atoms with Crippen LogP contribution in [0, 0.1) is 11.3 Å². The molecule has 9 heteroatoms. The molecule has 4 rings (SSSR count). The largest absolute Gasteiger partial charge is 0.493 e. The normalized spacial score (nSPS) is 10.2. The third-order valence-corrected chi connectivity index (χ3v) is 5.25. The lowest BCUT2D eigenvalue weighted by atomic mass is 10.1. The molecule has 9 nitrogen and oxygen atoms in total. The molecule has 0 aliphatic heterocycles. The molecule has 0 aliphatic carbocycles. The predicted octanol–water partition coefficient (Wildman–Crippen LogP) is 5.12. The molecule has 1 heterocycles. The van der Waals surface area contributed by atoms with E-state index >= 15 is 0 Å². The Kier molecular flexibility index (Phi) is 7.61. The number of hydrogen-bond donors (Lipinski definition) is 2. The van der Waals surface area contributed by atoms with Crippen LogP contribution in [-0.4, -0.2) is 23.0 Å². The van der Waals surface area contributed by atoms with Crippen LogP contribution in [0.4, 0.5) is 11.5 Å². The Hall–Kier alpha value is -5.36. The number of nitrogens with two attached hydrogens (primary N) is 1. The molecule has 0 saturated carbocycles. The summed E-state index contributed by atoms with van der Waals surface area (Å²) in [5.41, 5.74) is 8.58.